The molecule has 3 heteroatoms. The van der Waals surface area contributed by atoms with Gasteiger partial charge in [-0.15, -0.1) is 13.2 Å². The number of rotatable bonds is 5. The van der Waals surface area contributed by atoms with E-state index in [-0.39, 0.29) is 30.0 Å². The molecule has 2 rings (SSSR count). The molecule has 0 saturated carbocycles. The van der Waals surface area contributed by atoms with Crippen molar-refractivity contribution in [2.45, 2.75) is 69.5 Å². The monoisotopic (exact) mass is 275 g/mol. The van der Waals surface area contributed by atoms with E-state index in [4.69, 9.17) is 16.0 Å². The molecule has 0 aromatic rings. The smallest absolute Gasteiger partial charge is 0.223 e. The zero-order chi connectivity index (χ0) is 14.8. The second kappa shape index (κ2) is 6.11. The SMILES string of the molecule is [C-]#[N+][C@H](C)C[C@H]1CC[C@@H]2O[C@@H]([C@H](C)C=C)C[C@]2(C=C)O1. The van der Waals surface area contributed by atoms with Crippen LogP contribution in [-0.2, 0) is 9.47 Å². The summed E-state index contributed by atoms with van der Waals surface area (Å²) in [6.45, 7) is 19.0. The van der Waals surface area contributed by atoms with Gasteiger partial charge in [0.05, 0.1) is 18.3 Å². The third-order valence-electron chi connectivity index (χ3n) is 4.67. The molecule has 0 aromatic heterocycles. The Balaban J connectivity index is 2.08. The molecule has 0 N–H and O–H groups in total. The summed E-state index contributed by atoms with van der Waals surface area (Å²) in [6, 6.07) is 0.0173. The first-order chi connectivity index (χ1) is 9.54. The van der Waals surface area contributed by atoms with Gasteiger partial charge in [0.15, 0.2) is 0 Å². The highest BCUT2D eigenvalue weighted by atomic mass is 16.6. The van der Waals surface area contributed by atoms with Crippen molar-refractivity contribution in [1.29, 1.82) is 0 Å². The van der Waals surface area contributed by atoms with Gasteiger partial charge in [-0.1, -0.05) is 19.1 Å². The van der Waals surface area contributed by atoms with Crippen LogP contribution in [0.15, 0.2) is 25.3 Å². The lowest BCUT2D eigenvalue weighted by molar-refractivity contribution is -0.143. The van der Waals surface area contributed by atoms with Gasteiger partial charge in [0.1, 0.15) is 5.60 Å². The van der Waals surface area contributed by atoms with Crippen molar-refractivity contribution in [3.63, 3.8) is 0 Å². The van der Waals surface area contributed by atoms with Crippen LogP contribution in [0.1, 0.15) is 39.5 Å². The summed E-state index contributed by atoms with van der Waals surface area (Å²) < 4.78 is 12.5. The Morgan fingerprint density at radius 1 is 1.40 bits per heavy atom. The summed E-state index contributed by atoms with van der Waals surface area (Å²) in [7, 11) is 0. The zero-order valence-electron chi connectivity index (χ0n) is 12.5. The molecule has 2 aliphatic heterocycles. The van der Waals surface area contributed by atoms with Crippen LogP contribution in [0, 0.1) is 12.5 Å². The third kappa shape index (κ3) is 2.82. The minimum absolute atomic E-state index is 0.0173. The van der Waals surface area contributed by atoms with E-state index in [1.165, 1.54) is 0 Å². The number of ether oxygens (including phenoxy) is 2. The molecule has 0 spiro atoms. The molecule has 2 aliphatic rings. The number of hydrogen-bond acceptors (Lipinski definition) is 2. The average Bonchev–Trinajstić information content (AvgIpc) is 2.85. The lowest BCUT2D eigenvalue weighted by atomic mass is 9.84. The van der Waals surface area contributed by atoms with Crippen molar-refractivity contribution in [1.82, 2.24) is 0 Å². The van der Waals surface area contributed by atoms with Crippen LogP contribution < -0.4 is 0 Å². The molecule has 0 aromatic carbocycles. The minimum Gasteiger partial charge on any atom is -0.371 e. The Morgan fingerprint density at radius 3 is 2.75 bits per heavy atom. The van der Waals surface area contributed by atoms with Crippen molar-refractivity contribution in [3.8, 4) is 0 Å². The first-order valence-corrected chi connectivity index (χ1v) is 7.50. The molecule has 0 bridgehead atoms. The Hall–Kier alpha value is -1.11. The van der Waals surface area contributed by atoms with E-state index in [0.29, 0.717) is 5.92 Å². The quantitative estimate of drug-likeness (QED) is 0.563. The fourth-order valence-electron chi connectivity index (χ4n) is 3.29. The van der Waals surface area contributed by atoms with Gasteiger partial charge in [-0.3, -0.25) is 0 Å². The standard InChI is InChI=1S/C17H25NO2/c1-6-12(3)15-11-17(7-2)16(19-15)9-8-14(20-17)10-13(4)18-5/h6-7,12-16H,1-2,8-11H2,3-4H3/t12-,13-,14-,15-,16+,17+/m1/s1. The first kappa shape index (κ1) is 15.3. The van der Waals surface area contributed by atoms with Gasteiger partial charge in [-0.05, 0) is 12.8 Å². The van der Waals surface area contributed by atoms with Crippen LogP contribution in [0.2, 0.25) is 0 Å². The lowest BCUT2D eigenvalue weighted by Gasteiger charge is -2.40. The molecular formula is C17H25NO2. The minimum atomic E-state index is -0.368. The van der Waals surface area contributed by atoms with E-state index in [0.717, 1.165) is 25.7 Å². The van der Waals surface area contributed by atoms with E-state index >= 15 is 0 Å². The van der Waals surface area contributed by atoms with Crippen molar-refractivity contribution in [2.75, 3.05) is 0 Å². The highest BCUT2D eigenvalue weighted by Gasteiger charge is 2.52. The second-order valence-electron chi connectivity index (χ2n) is 6.15. The normalized spacial score (nSPS) is 39.4. The van der Waals surface area contributed by atoms with E-state index in [2.05, 4.69) is 24.9 Å². The van der Waals surface area contributed by atoms with Gasteiger partial charge >= 0.3 is 0 Å². The Morgan fingerprint density at radius 2 is 2.15 bits per heavy atom. The highest BCUT2D eigenvalue weighted by Crippen LogP contribution is 2.45. The Labute approximate surface area is 122 Å². The number of hydrogen-bond donors (Lipinski definition) is 0. The van der Waals surface area contributed by atoms with Crippen LogP contribution in [-0.4, -0.2) is 30.0 Å². The Bertz CT molecular complexity index is 414. The summed E-state index contributed by atoms with van der Waals surface area (Å²) in [6.07, 6.45) is 7.87. The summed E-state index contributed by atoms with van der Waals surface area (Å²) in [5, 5.41) is 0. The predicted molar refractivity (Wildman–Crippen MR) is 80.4 cm³/mol. The van der Waals surface area contributed by atoms with Gasteiger partial charge in [0.25, 0.3) is 0 Å². The predicted octanol–water partition coefficient (Wildman–Crippen LogP) is 3.77. The molecule has 2 saturated heterocycles. The van der Waals surface area contributed by atoms with Crippen molar-refractivity contribution < 1.29 is 9.47 Å². The van der Waals surface area contributed by atoms with Crippen molar-refractivity contribution in [2.24, 2.45) is 5.92 Å². The molecule has 0 amide bonds. The van der Waals surface area contributed by atoms with E-state index in [9.17, 15) is 0 Å². The van der Waals surface area contributed by atoms with E-state index in [1.807, 2.05) is 19.1 Å². The molecule has 0 radical (unpaired) electrons. The van der Waals surface area contributed by atoms with Gasteiger partial charge in [-0.25, -0.2) is 6.57 Å². The molecule has 0 unspecified atom stereocenters. The third-order valence-corrected chi connectivity index (χ3v) is 4.67. The molecule has 0 aliphatic carbocycles. The van der Waals surface area contributed by atoms with Gasteiger partial charge in [-0.2, -0.15) is 0 Å². The van der Waals surface area contributed by atoms with Crippen molar-refractivity contribution in [3.05, 3.63) is 36.7 Å². The fraction of sp³-hybridized carbons (Fsp3) is 0.706. The molecular weight excluding hydrogens is 250 g/mol. The molecule has 20 heavy (non-hydrogen) atoms. The topological polar surface area (TPSA) is 22.8 Å². The van der Waals surface area contributed by atoms with Gasteiger partial charge in [0.2, 0.25) is 6.04 Å². The average molecular weight is 275 g/mol. The fourth-order valence-corrected chi connectivity index (χ4v) is 3.29. The lowest BCUT2D eigenvalue weighted by Crippen LogP contribution is -2.47. The summed E-state index contributed by atoms with van der Waals surface area (Å²) >= 11 is 0. The maximum absolute atomic E-state index is 7.09. The maximum Gasteiger partial charge on any atom is 0.223 e. The van der Waals surface area contributed by atoms with Gasteiger partial charge < -0.3 is 14.3 Å². The van der Waals surface area contributed by atoms with Crippen LogP contribution in [0.4, 0.5) is 0 Å². The molecule has 110 valence electrons. The Kier molecular flexibility index (Phi) is 4.67. The van der Waals surface area contributed by atoms with Gasteiger partial charge in [0, 0.05) is 25.7 Å². The van der Waals surface area contributed by atoms with Crippen LogP contribution in [0.25, 0.3) is 4.85 Å². The van der Waals surface area contributed by atoms with Crippen LogP contribution in [0.5, 0.6) is 0 Å². The van der Waals surface area contributed by atoms with E-state index < -0.39 is 0 Å². The van der Waals surface area contributed by atoms with Crippen molar-refractivity contribution >= 4 is 0 Å². The molecule has 3 nitrogen and oxygen atoms in total. The molecule has 2 heterocycles. The summed E-state index contributed by atoms with van der Waals surface area (Å²) in [5.74, 6) is 0.321. The zero-order valence-corrected chi connectivity index (χ0v) is 12.5. The molecule has 6 atom stereocenters. The maximum atomic E-state index is 7.09. The molecule has 2 fully saturated rings. The number of nitrogens with zero attached hydrogens (tertiary/aromatic N) is 1. The highest BCUT2D eigenvalue weighted by molar-refractivity contribution is 5.12. The second-order valence-corrected chi connectivity index (χ2v) is 6.15. The van der Waals surface area contributed by atoms with Crippen LogP contribution >= 0.6 is 0 Å². The first-order valence-electron chi connectivity index (χ1n) is 7.50. The number of fused-ring (bicyclic) bond motifs is 1. The summed E-state index contributed by atoms with van der Waals surface area (Å²) in [5.41, 5.74) is -0.368. The largest absolute Gasteiger partial charge is 0.371 e. The van der Waals surface area contributed by atoms with Crippen LogP contribution in [0.3, 0.4) is 0 Å². The van der Waals surface area contributed by atoms with E-state index in [1.54, 1.807) is 0 Å². The summed E-state index contributed by atoms with van der Waals surface area (Å²) in [4.78, 5) is 3.57.